The summed E-state index contributed by atoms with van der Waals surface area (Å²) in [6, 6.07) is 8.64. The smallest absolute Gasteiger partial charge is 0.260 e. The van der Waals surface area contributed by atoms with E-state index >= 15 is 0 Å². The second kappa shape index (κ2) is 5.20. The SMILES string of the molecule is CN1CCN(C)c2c(F)c(Oc3ccccc3)nc(F)c21. The minimum atomic E-state index is -0.730. The van der Waals surface area contributed by atoms with E-state index in [1.165, 1.54) is 0 Å². The first-order valence-corrected chi connectivity index (χ1v) is 6.62. The zero-order valence-corrected chi connectivity index (χ0v) is 11.8. The van der Waals surface area contributed by atoms with Gasteiger partial charge in [0.1, 0.15) is 17.1 Å². The molecule has 3 rings (SSSR count). The summed E-state index contributed by atoms with van der Waals surface area (Å²) in [5.41, 5.74) is 0.351. The number of likely N-dealkylation sites (N-methyl/N-ethyl adjacent to an activating group) is 2. The summed E-state index contributed by atoms with van der Waals surface area (Å²) in [7, 11) is 3.44. The van der Waals surface area contributed by atoms with Gasteiger partial charge in [-0.1, -0.05) is 18.2 Å². The summed E-state index contributed by atoms with van der Waals surface area (Å²) < 4.78 is 34.2. The standard InChI is InChI=1S/C15H15F2N3O/c1-19-8-9-20(2)13-12(19)11(16)15(18-14(13)17)21-10-6-4-3-5-7-10/h3-7H,8-9H2,1-2H3. The summed E-state index contributed by atoms with van der Waals surface area (Å²) in [5, 5.41) is 0. The molecule has 21 heavy (non-hydrogen) atoms. The van der Waals surface area contributed by atoms with Crippen LogP contribution in [0, 0.1) is 11.8 Å². The highest BCUT2D eigenvalue weighted by molar-refractivity contribution is 5.74. The molecule has 4 nitrogen and oxygen atoms in total. The molecule has 0 aliphatic carbocycles. The van der Waals surface area contributed by atoms with Crippen LogP contribution in [-0.4, -0.2) is 32.2 Å². The van der Waals surface area contributed by atoms with Gasteiger partial charge in [0.05, 0.1) is 0 Å². The molecule has 0 spiro atoms. The Morgan fingerprint density at radius 3 is 2.29 bits per heavy atom. The average Bonchev–Trinajstić information content (AvgIpc) is 2.48. The summed E-state index contributed by atoms with van der Waals surface area (Å²) in [6.07, 6.45) is 0. The van der Waals surface area contributed by atoms with E-state index in [1.807, 2.05) is 6.07 Å². The monoisotopic (exact) mass is 291 g/mol. The maximum Gasteiger partial charge on any atom is 0.260 e. The maximum atomic E-state index is 14.6. The molecular formula is C15H15F2N3O. The van der Waals surface area contributed by atoms with Gasteiger partial charge >= 0.3 is 0 Å². The number of fused-ring (bicyclic) bond motifs is 1. The molecule has 0 saturated carbocycles. The minimum absolute atomic E-state index is 0.168. The van der Waals surface area contributed by atoms with E-state index in [0.717, 1.165) is 0 Å². The summed E-state index contributed by atoms with van der Waals surface area (Å²) in [5.74, 6) is -1.31. The third-order valence-corrected chi connectivity index (χ3v) is 3.51. The predicted octanol–water partition coefficient (Wildman–Crippen LogP) is 3.04. The highest BCUT2D eigenvalue weighted by Crippen LogP contribution is 2.40. The van der Waals surface area contributed by atoms with E-state index in [0.29, 0.717) is 18.8 Å². The molecular weight excluding hydrogens is 276 g/mol. The van der Waals surface area contributed by atoms with E-state index in [4.69, 9.17) is 4.74 Å². The molecule has 1 aliphatic heterocycles. The zero-order chi connectivity index (χ0) is 15.0. The van der Waals surface area contributed by atoms with Gasteiger partial charge in [-0.15, -0.1) is 0 Å². The van der Waals surface area contributed by atoms with Gasteiger partial charge in [-0.05, 0) is 12.1 Å². The summed E-state index contributed by atoms with van der Waals surface area (Å²) in [4.78, 5) is 6.97. The molecule has 0 fully saturated rings. The highest BCUT2D eigenvalue weighted by atomic mass is 19.1. The average molecular weight is 291 g/mol. The zero-order valence-electron chi connectivity index (χ0n) is 11.8. The van der Waals surface area contributed by atoms with Crippen LogP contribution in [0.2, 0.25) is 0 Å². The number of anilines is 2. The van der Waals surface area contributed by atoms with Crippen LogP contribution < -0.4 is 14.5 Å². The second-order valence-corrected chi connectivity index (χ2v) is 4.98. The van der Waals surface area contributed by atoms with Crippen LogP contribution in [0.5, 0.6) is 11.6 Å². The maximum absolute atomic E-state index is 14.6. The first kappa shape index (κ1) is 13.6. The Morgan fingerprint density at radius 2 is 1.62 bits per heavy atom. The number of hydrogen-bond acceptors (Lipinski definition) is 4. The van der Waals surface area contributed by atoms with Crippen molar-refractivity contribution >= 4 is 11.4 Å². The van der Waals surface area contributed by atoms with Gasteiger partial charge in [0.25, 0.3) is 5.88 Å². The fourth-order valence-corrected chi connectivity index (χ4v) is 2.37. The van der Waals surface area contributed by atoms with Crippen molar-refractivity contribution in [1.82, 2.24) is 4.98 Å². The molecule has 1 aromatic heterocycles. The lowest BCUT2D eigenvalue weighted by molar-refractivity contribution is 0.406. The molecule has 1 aromatic carbocycles. The quantitative estimate of drug-likeness (QED) is 0.795. The molecule has 1 aliphatic rings. The van der Waals surface area contributed by atoms with Gasteiger partial charge in [-0.2, -0.15) is 13.8 Å². The molecule has 0 radical (unpaired) electrons. The first-order chi connectivity index (χ1) is 10.1. The van der Waals surface area contributed by atoms with Crippen molar-refractivity contribution in [3.63, 3.8) is 0 Å². The molecule has 110 valence electrons. The van der Waals surface area contributed by atoms with Gasteiger partial charge in [-0.25, -0.2) is 0 Å². The number of rotatable bonds is 2. The molecule has 2 heterocycles. The third-order valence-electron chi connectivity index (χ3n) is 3.51. The molecule has 0 saturated heterocycles. The van der Waals surface area contributed by atoms with Crippen LogP contribution in [0.3, 0.4) is 0 Å². The molecule has 2 aromatic rings. The molecule has 0 amide bonds. The van der Waals surface area contributed by atoms with Gasteiger partial charge in [0, 0.05) is 27.2 Å². The van der Waals surface area contributed by atoms with Crippen molar-refractivity contribution in [2.24, 2.45) is 0 Å². The van der Waals surface area contributed by atoms with E-state index in [-0.39, 0.29) is 17.3 Å². The number of aromatic nitrogens is 1. The summed E-state index contributed by atoms with van der Waals surface area (Å²) >= 11 is 0. The van der Waals surface area contributed by atoms with Crippen LogP contribution in [0.25, 0.3) is 0 Å². The fourth-order valence-electron chi connectivity index (χ4n) is 2.37. The van der Waals surface area contributed by atoms with Gasteiger partial charge in [-0.3, -0.25) is 0 Å². The van der Waals surface area contributed by atoms with Crippen LogP contribution in [-0.2, 0) is 0 Å². The Morgan fingerprint density at radius 1 is 1.00 bits per heavy atom. The van der Waals surface area contributed by atoms with Crippen LogP contribution >= 0.6 is 0 Å². The largest absolute Gasteiger partial charge is 0.436 e. The first-order valence-electron chi connectivity index (χ1n) is 6.62. The van der Waals surface area contributed by atoms with Crippen molar-refractivity contribution in [3.8, 4) is 11.6 Å². The topological polar surface area (TPSA) is 28.6 Å². The number of halogens is 2. The van der Waals surface area contributed by atoms with E-state index in [1.54, 1.807) is 48.2 Å². The molecule has 6 heteroatoms. The molecule has 0 unspecified atom stereocenters. The van der Waals surface area contributed by atoms with Gasteiger partial charge in [0.2, 0.25) is 11.8 Å². The van der Waals surface area contributed by atoms with E-state index in [2.05, 4.69) is 4.98 Å². The van der Waals surface area contributed by atoms with Crippen LogP contribution in [0.1, 0.15) is 0 Å². The van der Waals surface area contributed by atoms with Crippen molar-refractivity contribution in [1.29, 1.82) is 0 Å². The second-order valence-electron chi connectivity index (χ2n) is 4.98. The lowest BCUT2D eigenvalue weighted by Crippen LogP contribution is -2.38. The Kier molecular flexibility index (Phi) is 3.37. The Bertz CT molecular complexity index is 664. The number of nitrogens with zero attached hydrogens (tertiary/aromatic N) is 3. The third kappa shape index (κ3) is 2.37. The van der Waals surface area contributed by atoms with Gasteiger partial charge in [0.15, 0.2) is 0 Å². The van der Waals surface area contributed by atoms with Gasteiger partial charge < -0.3 is 14.5 Å². The highest BCUT2D eigenvalue weighted by Gasteiger charge is 2.29. The fraction of sp³-hybridized carbons (Fsp3) is 0.267. The molecule has 0 bridgehead atoms. The number of hydrogen-bond donors (Lipinski definition) is 0. The van der Waals surface area contributed by atoms with E-state index in [9.17, 15) is 8.78 Å². The number of pyridine rings is 1. The van der Waals surface area contributed by atoms with Crippen LogP contribution in [0.15, 0.2) is 30.3 Å². The number of para-hydroxylation sites is 1. The minimum Gasteiger partial charge on any atom is -0.436 e. The summed E-state index contributed by atoms with van der Waals surface area (Å²) in [6.45, 7) is 1.22. The van der Waals surface area contributed by atoms with E-state index < -0.39 is 11.8 Å². The Labute approximate surface area is 121 Å². The molecule has 0 atom stereocenters. The van der Waals surface area contributed by atoms with Crippen molar-refractivity contribution < 1.29 is 13.5 Å². The Balaban J connectivity index is 2.08. The molecule has 0 N–H and O–H groups in total. The lowest BCUT2D eigenvalue weighted by Gasteiger charge is -2.34. The Hall–Kier alpha value is -2.37. The van der Waals surface area contributed by atoms with Crippen molar-refractivity contribution in [2.75, 3.05) is 37.0 Å². The lowest BCUT2D eigenvalue weighted by atomic mass is 10.2. The predicted molar refractivity (Wildman–Crippen MR) is 77.2 cm³/mol. The normalized spacial score (nSPS) is 14.1. The number of benzene rings is 1. The van der Waals surface area contributed by atoms with Crippen LogP contribution in [0.4, 0.5) is 20.2 Å². The number of ether oxygens (including phenoxy) is 1. The van der Waals surface area contributed by atoms with Crippen molar-refractivity contribution in [3.05, 3.63) is 42.1 Å². The van der Waals surface area contributed by atoms with Crippen molar-refractivity contribution in [2.45, 2.75) is 0 Å².